The molecule has 2 aromatic rings. The summed E-state index contributed by atoms with van der Waals surface area (Å²) >= 11 is 0. The maximum atomic E-state index is 11.8. The molecule has 2 aliphatic heterocycles. The molecule has 2 unspecified atom stereocenters. The normalized spacial score (nSPS) is 28.7. The predicted octanol–water partition coefficient (Wildman–Crippen LogP) is 4.28. The Morgan fingerprint density at radius 3 is 2.61 bits per heavy atom. The molecular weight excluding hydrogens is 288 g/mol. The van der Waals surface area contributed by atoms with E-state index in [4.69, 9.17) is 0 Å². The molecule has 4 nitrogen and oxygen atoms in total. The fourth-order valence-electron chi connectivity index (χ4n) is 4.31. The van der Waals surface area contributed by atoms with Crippen LogP contribution in [0.4, 0.5) is 10.5 Å². The lowest BCUT2D eigenvalue weighted by Crippen LogP contribution is -2.43. The van der Waals surface area contributed by atoms with Crippen molar-refractivity contribution in [2.24, 2.45) is 5.41 Å². The van der Waals surface area contributed by atoms with Crippen molar-refractivity contribution in [2.75, 3.05) is 11.9 Å². The largest absolute Gasteiger partial charge is 0.465 e. The number of benzene rings is 2. The van der Waals surface area contributed by atoms with Crippen LogP contribution in [0, 0.1) is 5.41 Å². The molecule has 1 saturated heterocycles. The van der Waals surface area contributed by atoms with Gasteiger partial charge in [0, 0.05) is 17.6 Å². The van der Waals surface area contributed by atoms with Gasteiger partial charge in [0.15, 0.2) is 0 Å². The highest BCUT2D eigenvalue weighted by Crippen LogP contribution is 2.59. The minimum atomic E-state index is -0.831. The van der Waals surface area contributed by atoms with Crippen LogP contribution in [0.5, 0.6) is 0 Å². The van der Waals surface area contributed by atoms with E-state index in [0.29, 0.717) is 6.54 Å². The molecule has 0 bridgehead atoms. The molecule has 3 atom stereocenters. The molecule has 0 spiro atoms. The van der Waals surface area contributed by atoms with Gasteiger partial charge < -0.3 is 15.3 Å². The lowest BCUT2D eigenvalue weighted by atomic mass is 9.68. The summed E-state index contributed by atoms with van der Waals surface area (Å²) in [6.07, 6.45) is 0.0208. The quantitative estimate of drug-likeness (QED) is 0.826. The van der Waals surface area contributed by atoms with Gasteiger partial charge in [-0.25, -0.2) is 4.79 Å². The number of amides is 1. The van der Waals surface area contributed by atoms with Gasteiger partial charge in [0.05, 0.1) is 12.1 Å². The fourth-order valence-corrected chi connectivity index (χ4v) is 4.31. The van der Waals surface area contributed by atoms with Crippen molar-refractivity contribution in [1.29, 1.82) is 0 Å². The molecule has 2 aromatic carbocycles. The summed E-state index contributed by atoms with van der Waals surface area (Å²) in [7, 11) is 0. The highest BCUT2D eigenvalue weighted by molar-refractivity contribution is 5.69. The minimum absolute atomic E-state index is 0.105. The van der Waals surface area contributed by atoms with Crippen molar-refractivity contribution in [2.45, 2.75) is 25.4 Å². The lowest BCUT2D eigenvalue weighted by molar-refractivity contribution is 0.110. The molecule has 1 fully saturated rings. The van der Waals surface area contributed by atoms with Gasteiger partial charge in [0.25, 0.3) is 0 Å². The Kier molecular flexibility index (Phi) is 3.08. The molecule has 0 aliphatic carbocycles. The fraction of sp³-hybridized carbons (Fsp3) is 0.316. The Morgan fingerprint density at radius 2 is 1.87 bits per heavy atom. The number of rotatable bonds is 1. The Balaban J connectivity index is 1.88. The van der Waals surface area contributed by atoms with Crippen LogP contribution in [0.15, 0.2) is 54.6 Å². The van der Waals surface area contributed by atoms with Crippen LogP contribution < -0.4 is 5.32 Å². The summed E-state index contributed by atoms with van der Waals surface area (Å²) in [4.78, 5) is 13.4. The second-order valence-electron chi connectivity index (χ2n) is 6.71. The van der Waals surface area contributed by atoms with E-state index in [1.165, 1.54) is 5.56 Å². The Hall–Kier alpha value is -2.49. The van der Waals surface area contributed by atoms with Gasteiger partial charge in [-0.2, -0.15) is 0 Å². The summed E-state index contributed by atoms with van der Waals surface area (Å²) in [6.45, 7) is 2.79. The van der Waals surface area contributed by atoms with Crippen LogP contribution in [0.3, 0.4) is 0 Å². The van der Waals surface area contributed by atoms with Gasteiger partial charge in [-0.3, -0.25) is 0 Å². The monoisotopic (exact) mass is 308 g/mol. The third kappa shape index (κ3) is 2.01. The first-order chi connectivity index (χ1) is 11.1. The SMILES string of the molecule is CC12CCN(C(=O)O)[C@H]1c1ccccc1NC2c1ccccc1. The Labute approximate surface area is 135 Å². The van der Waals surface area contributed by atoms with Crippen LogP contribution in [-0.2, 0) is 0 Å². The maximum Gasteiger partial charge on any atom is 0.407 e. The summed E-state index contributed by atoms with van der Waals surface area (Å²) in [5.74, 6) is 0. The predicted molar refractivity (Wildman–Crippen MR) is 89.4 cm³/mol. The maximum absolute atomic E-state index is 11.8. The number of hydrogen-bond acceptors (Lipinski definition) is 2. The third-order valence-electron chi connectivity index (χ3n) is 5.42. The minimum Gasteiger partial charge on any atom is -0.465 e. The third-order valence-corrected chi connectivity index (χ3v) is 5.42. The molecule has 0 radical (unpaired) electrons. The molecule has 2 aliphatic rings. The zero-order valence-electron chi connectivity index (χ0n) is 13.1. The second-order valence-corrected chi connectivity index (χ2v) is 6.71. The molecule has 118 valence electrons. The Morgan fingerprint density at radius 1 is 1.17 bits per heavy atom. The molecular formula is C19H20N2O2. The van der Waals surface area contributed by atoms with E-state index in [9.17, 15) is 9.90 Å². The van der Waals surface area contributed by atoms with Gasteiger partial charge in [-0.15, -0.1) is 0 Å². The summed E-state index contributed by atoms with van der Waals surface area (Å²) < 4.78 is 0. The smallest absolute Gasteiger partial charge is 0.407 e. The number of fused-ring (bicyclic) bond motifs is 3. The summed E-state index contributed by atoms with van der Waals surface area (Å²) in [5.41, 5.74) is 3.18. The average molecular weight is 308 g/mol. The molecule has 23 heavy (non-hydrogen) atoms. The first-order valence-corrected chi connectivity index (χ1v) is 8.01. The molecule has 2 heterocycles. The van der Waals surface area contributed by atoms with E-state index in [1.54, 1.807) is 4.90 Å². The van der Waals surface area contributed by atoms with E-state index >= 15 is 0 Å². The number of anilines is 1. The molecule has 2 N–H and O–H groups in total. The highest BCUT2D eigenvalue weighted by atomic mass is 16.4. The van der Waals surface area contributed by atoms with Gasteiger partial charge in [0.2, 0.25) is 0 Å². The van der Waals surface area contributed by atoms with E-state index in [0.717, 1.165) is 17.7 Å². The van der Waals surface area contributed by atoms with Crippen molar-refractivity contribution < 1.29 is 9.90 Å². The first-order valence-electron chi connectivity index (χ1n) is 8.01. The first kappa shape index (κ1) is 14.1. The molecule has 0 aromatic heterocycles. The molecule has 1 amide bonds. The summed E-state index contributed by atoms with van der Waals surface area (Å²) in [6, 6.07) is 18.4. The number of hydrogen-bond donors (Lipinski definition) is 2. The van der Waals surface area contributed by atoms with Crippen molar-refractivity contribution in [3.05, 3.63) is 65.7 Å². The molecule has 4 rings (SSSR count). The zero-order valence-corrected chi connectivity index (χ0v) is 13.1. The van der Waals surface area contributed by atoms with Gasteiger partial charge in [0.1, 0.15) is 0 Å². The van der Waals surface area contributed by atoms with Crippen LogP contribution >= 0.6 is 0 Å². The van der Waals surface area contributed by atoms with E-state index in [1.807, 2.05) is 42.5 Å². The van der Waals surface area contributed by atoms with Crippen LogP contribution in [-0.4, -0.2) is 22.6 Å². The van der Waals surface area contributed by atoms with Crippen LogP contribution in [0.2, 0.25) is 0 Å². The second kappa shape index (κ2) is 5.01. The van der Waals surface area contributed by atoms with Gasteiger partial charge in [-0.05, 0) is 23.6 Å². The number of para-hydroxylation sites is 1. The average Bonchev–Trinajstić information content (AvgIpc) is 2.93. The van der Waals surface area contributed by atoms with Gasteiger partial charge in [-0.1, -0.05) is 55.5 Å². The number of likely N-dealkylation sites (tertiary alicyclic amines) is 1. The lowest BCUT2D eigenvalue weighted by Gasteiger charge is -2.46. The molecule has 0 saturated carbocycles. The van der Waals surface area contributed by atoms with Crippen LogP contribution in [0.1, 0.15) is 36.6 Å². The van der Waals surface area contributed by atoms with Gasteiger partial charge >= 0.3 is 6.09 Å². The van der Waals surface area contributed by atoms with Crippen LogP contribution in [0.25, 0.3) is 0 Å². The van der Waals surface area contributed by atoms with E-state index < -0.39 is 6.09 Å². The number of carboxylic acid groups (broad SMARTS) is 1. The molecule has 4 heteroatoms. The number of nitrogens with one attached hydrogen (secondary N) is 1. The van der Waals surface area contributed by atoms with E-state index in [-0.39, 0.29) is 17.5 Å². The van der Waals surface area contributed by atoms with Crippen molar-refractivity contribution >= 4 is 11.8 Å². The van der Waals surface area contributed by atoms with Crippen molar-refractivity contribution in [3.63, 3.8) is 0 Å². The number of nitrogens with zero attached hydrogens (tertiary/aromatic N) is 1. The summed E-state index contributed by atoms with van der Waals surface area (Å²) in [5, 5.41) is 13.3. The Bertz CT molecular complexity index is 746. The number of carbonyl (C=O) groups is 1. The van der Waals surface area contributed by atoms with Crippen molar-refractivity contribution in [3.8, 4) is 0 Å². The standard InChI is InChI=1S/C19H20N2O2/c1-19-11-12-21(18(22)23)17(19)14-9-5-6-10-15(14)20-16(19)13-7-3-2-4-8-13/h2-10,16-17,20H,11-12H2,1H3,(H,22,23)/t16?,17-,19?/m0/s1. The van der Waals surface area contributed by atoms with E-state index in [2.05, 4.69) is 24.4 Å². The van der Waals surface area contributed by atoms with Crippen molar-refractivity contribution in [1.82, 2.24) is 4.90 Å². The zero-order chi connectivity index (χ0) is 16.0. The topological polar surface area (TPSA) is 52.6 Å². The highest BCUT2D eigenvalue weighted by Gasteiger charge is 2.54.